The molecule has 126 valence electrons. The molecule has 1 aromatic carbocycles. The second-order valence-electron chi connectivity index (χ2n) is 7.80. The van der Waals surface area contributed by atoms with Gasteiger partial charge in [-0.2, -0.15) is 0 Å². The molecule has 0 unspecified atom stereocenters. The molecule has 4 rings (SSSR count). The summed E-state index contributed by atoms with van der Waals surface area (Å²) in [6, 6.07) is 8.65. The monoisotopic (exact) mass is 336 g/mol. The minimum Gasteiger partial charge on any atom is -0.396 e. The van der Waals surface area contributed by atoms with Gasteiger partial charge in [0.25, 0.3) is 0 Å². The van der Waals surface area contributed by atoms with Gasteiger partial charge in [0.1, 0.15) is 5.60 Å². The Labute approximate surface area is 137 Å². The zero-order chi connectivity index (χ0) is 16.5. The van der Waals surface area contributed by atoms with Crippen LogP contribution in [0.4, 0.5) is 0 Å². The first kappa shape index (κ1) is 15.6. The Morgan fingerprint density at radius 1 is 1.13 bits per heavy atom. The predicted octanol–water partition coefficient (Wildman–Crippen LogP) is 2.27. The third kappa shape index (κ3) is 1.99. The molecule has 1 N–H and O–H groups in total. The Hall–Kier alpha value is -0.910. The lowest BCUT2D eigenvalue weighted by atomic mass is 9.81. The van der Waals surface area contributed by atoms with Crippen LogP contribution in [0.25, 0.3) is 0 Å². The molecule has 1 aromatic rings. The van der Waals surface area contributed by atoms with Crippen LogP contribution in [0.5, 0.6) is 0 Å². The quantitative estimate of drug-likeness (QED) is 0.857. The molecule has 5 atom stereocenters. The van der Waals surface area contributed by atoms with Crippen LogP contribution in [-0.4, -0.2) is 37.1 Å². The Kier molecular flexibility index (Phi) is 3.26. The minimum absolute atomic E-state index is 0.00858. The van der Waals surface area contributed by atoms with Crippen molar-refractivity contribution in [3.05, 3.63) is 30.3 Å². The fourth-order valence-corrected chi connectivity index (χ4v) is 7.40. The van der Waals surface area contributed by atoms with Gasteiger partial charge in [0, 0.05) is 6.61 Å². The number of epoxide rings is 1. The van der Waals surface area contributed by atoms with Gasteiger partial charge in [-0.1, -0.05) is 18.2 Å². The zero-order valence-corrected chi connectivity index (χ0v) is 14.4. The maximum absolute atomic E-state index is 12.8. The third-order valence-corrected chi connectivity index (χ3v) is 8.34. The summed E-state index contributed by atoms with van der Waals surface area (Å²) in [4.78, 5) is 0.379. The van der Waals surface area contributed by atoms with E-state index >= 15 is 0 Å². The highest BCUT2D eigenvalue weighted by molar-refractivity contribution is 7.91. The van der Waals surface area contributed by atoms with Gasteiger partial charge in [0.2, 0.25) is 0 Å². The fraction of sp³-hybridized carbons (Fsp3) is 0.667. The van der Waals surface area contributed by atoms with E-state index in [1.54, 1.807) is 24.3 Å². The topological polar surface area (TPSA) is 66.9 Å². The first-order valence-corrected chi connectivity index (χ1v) is 10.1. The molecule has 2 aliphatic carbocycles. The Morgan fingerprint density at radius 3 is 2.22 bits per heavy atom. The van der Waals surface area contributed by atoms with Gasteiger partial charge < -0.3 is 9.84 Å². The summed E-state index contributed by atoms with van der Waals surface area (Å²) in [5.41, 5.74) is -0.380. The van der Waals surface area contributed by atoms with Crippen molar-refractivity contribution in [1.82, 2.24) is 0 Å². The van der Waals surface area contributed by atoms with Crippen molar-refractivity contribution in [2.75, 3.05) is 12.4 Å². The maximum Gasteiger partial charge on any atom is 0.178 e. The van der Waals surface area contributed by atoms with Crippen molar-refractivity contribution in [1.29, 1.82) is 0 Å². The molecule has 3 fully saturated rings. The summed E-state index contributed by atoms with van der Waals surface area (Å²) >= 11 is 0. The number of aliphatic hydroxyl groups is 1. The molecule has 2 bridgehead atoms. The van der Waals surface area contributed by atoms with Crippen molar-refractivity contribution >= 4 is 9.84 Å². The van der Waals surface area contributed by atoms with Gasteiger partial charge in [0.15, 0.2) is 9.84 Å². The lowest BCUT2D eigenvalue weighted by Gasteiger charge is -2.28. The third-order valence-electron chi connectivity index (χ3n) is 6.52. The second-order valence-corrected chi connectivity index (χ2v) is 9.83. The van der Waals surface area contributed by atoms with Gasteiger partial charge in [-0.15, -0.1) is 0 Å². The average molecular weight is 336 g/mol. The van der Waals surface area contributed by atoms with Crippen molar-refractivity contribution in [3.8, 4) is 0 Å². The van der Waals surface area contributed by atoms with E-state index in [4.69, 9.17) is 4.74 Å². The molecule has 0 radical (unpaired) electrons. The molecule has 4 nitrogen and oxygen atoms in total. The number of aliphatic hydroxyl groups excluding tert-OH is 1. The van der Waals surface area contributed by atoms with E-state index < -0.39 is 9.84 Å². The van der Waals surface area contributed by atoms with E-state index in [1.807, 2.05) is 6.07 Å². The first-order valence-electron chi connectivity index (χ1n) is 8.42. The number of sulfone groups is 1. The molecule has 1 saturated heterocycles. The normalized spacial score (nSPS) is 40.7. The van der Waals surface area contributed by atoms with E-state index in [0.29, 0.717) is 10.8 Å². The van der Waals surface area contributed by atoms with E-state index in [-0.39, 0.29) is 41.3 Å². The van der Waals surface area contributed by atoms with Gasteiger partial charge in [-0.05, 0) is 62.5 Å². The summed E-state index contributed by atoms with van der Waals surface area (Å²) in [6.07, 6.45) is 2.06. The summed E-state index contributed by atoms with van der Waals surface area (Å²) < 4.78 is 31.7. The predicted molar refractivity (Wildman–Crippen MR) is 86.7 cm³/mol. The molecule has 1 spiro atoms. The van der Waals surface area contributed by atoms with Crippen LogP contribution in [0.15, 0.2) is 35.2 Å². The van der Waals surface area contributed by atoms with Crippen LogP contribution in [0.2, 0.25) is 0 Å². The summed E-state index contributed by atoms with van der Waals surface area (Å²) in [7, 11) is -3.34. The molecular formula is C18H24O4S. The second kappa shape index (κ2) is 4.80. The molecule has 2 saturated carbocycles. The molecule has 1 heterocycles. The largest absolute Gasteiger partial charge is 0.396 e. The minimum atomic E-state index is -3.34. The van der Waals surface area contributed by atoms with Crippen LogP contribution >= 0.6 is 0 Å². The van der Waals surface area contributed by atoms with Gasteiger partial charge >= 0.3 is 0 Å². The van der Waals surface area contributed by atoms with Crippen LogP contribution in [-0.2, 0) is 14.6 Å². The standard InChI is InChI=1S/C18H24O4S/c1-17(2)18(22-17)15-8-9-16(18)14(13(15)10-19)11-23(20,21)12-6-4-3-5-7-12/h3-7,13-16,19H,8-11H2,1-2H3/t13-,14+,15+,16+,18+/m1/s1. The molecule has 3 aliphatic rings. The number of hydrogen-bond acceptors (Lipinski definition) is 4. The Balaban J connectivity index is 1.65. The summed E-state index contributed by atoms with van der Waals surface area (Å²) in [5.74, 6) is 0.686. The Bertz CT molecular complexity index is 712. The van der Waals surface area contributed by atoms with Crippen LogP contribution < -0.4 is 0 Å². The van der Waals surface area contributed by atoms with Gasteiger partial charge in [0.05, 0.1) is 16.2 Å². The average Bonchev–Trinajstić information content (AvgIpc) is 2.81. The molecule has 23 heavy (non-hydrogen) atoms. The number of ether oxygens (including phenoxy) is 1. The van der Waals surface area contributed by atoms with Crippen LogP contribution in [0, 0.1) is 23.7 Å². The van der Waals surface area contributed by atoms with Crippen molar-refractivity contribution < 1.29 is 18.3 Å². The highest BCUT2D eigenvalue weighted by Gasteiger charge is 2.79. The molecule has 1 aliphatic heterocycles. The highest BCUT2D eigenvalue weighted by Crippen LogP contribution is 2.72. The number of rotatable bonds is 4. The van der Waals surface area contributed by atoms with E-state index in [0.717, 1.165) is 12.8 Å². The maximum atomic E-state index is 12.8. The van der Waals surface area contributed by atoms with Gasteiger partial charge in [-0.25, -0.2) is 8.42 Å². The van der Waals surface area contributed by atoms with E-state index in [2.05, 4.69) is 13.8 Å². The summed E-state index contributed by atoms with van der Waals surface area (Å²) in [6.45, 7) is 4.25. The van der Waals surface area contributed by atoms with Crippen molar-refractivity contribution in [2.24, 2.45) is 23.7 Å². The molecular weight excluding hydrogens is 312 g/mol. The van der Waals surface area contributed by atoms with Crippen LogP contribution in [0.1, 0.15) is 26.7 Å². The Morgan fingerprint density at radius 2 is 1.70 bits per heavy atom. The zero-order valence-electron chi connectivity index (χ0n) is 13.6. The molecule has 5 heteroatoms. The lowest BCUT2D eigenvalue weighted by molar-refractivity contribution is 0.132. The SMILES string of the molecule is CC1(C)O[C@]12[C@H]1CC[C@H]2[C@@H](CS(=O)(=O)c2ccccc2)[C@H]1CO. The highest BCUT2D eigenvalue weighted by atomic mass is 32.2. The lowest BCUT2D eigenvalue weighted by Crippen LogP contribution is -2.31. The van der Waals surface area contributed by atoms with Crippen LogP contribution in [0.3, 0.4) is 0 Å². The molecule has 0 aromatic heterocycles. The summed E-state index contributed by atoms with van der Waals surface area (Å²) in [5, 5.41) is 9.91. The van der Waals surface area contributed by atoms with Crippen molar-refractivity contribution in [2.45, 2.75) is 42.8 Å². The first-order chi connectivity index (χ1) is 10.8. The van der Waals surface area contributed by atoms with Crippen molar-refractivity contribution in [3.63, 3.8) is 0 Å². The van der Waals surface area contributed by atoms with Gasteiger partial charge in [-0.3, -0.25) is 0 Å². The molecule has 0 amide bonds. The number of benzene rings is 1. The fourth-order valence-electron chi connectivity index (χ4n) is 5.64. The number of hydrogen-bond donors (Lipinski definition) is 1. The van der Waals surface area contributed by atoms with E-state index in [1.165, 1.54) is 0 Å². The van der Waals surface area contributed by atoms with E-state index in [9.17, 15) is 13.5 Å². The smallest absolute Gasteiger partial charge is 0.178 e.